The zero-order chi connectivity index (χ0) is 17.9. The second-order valence-corrected chi connectivity index (χ2v) is 6.54. The maximum Gasteiger partial charge on any atom is 0.262 e. The number of aromatic nitrogens is 4. The summed E-state index contributed by atoms with van der Waals surface area (Å²) in [6.07, 6.45) is 1.53. The lowest BCUT2D eigenvalue weighted by molar-refractivity contribution is 0.730. The zero-order valence-electron chi connectivity index (χ0n) is 13.7. The molecule has 0 atom stereocenters. The molecule has 0 N–H and O–H groups in total. The standard InChI is InChI=1S/C19H13N5OS/c20-9-10-24-17(23-16-8-4-2-6-14(16)19(24)25)11-26-18-13-5-1-3-7-15(13)21-12-22-18/h1-8,12H,10-11H2. The lowest BCUT2D eigenvalue weighted by Crippen LogP contribution is -2.24. The summed E-state index contributed by atoms with van der Waals surface area (Å²) in [4.78, 5) is 25.9. The largest absolute Gasteiger partial charge is 0.281 e. The van der Waals surface area contributed by atoms with Gasteiger partial charge < -0.3 is 0 Å². The van der Waals surface area contributed by atoms with Gasteiger partial charge in [0.05, 0.1) is 28.2 Å². The molecule has 4 aromatic rings. The molecule has 7 heteroatoms. The maximum atomic E-state index is 12.7. The molecule has 0 saturated carbocycles. The Morgan fingerprint density at radius 3 is 2.54 bits per heavy atom. The molecule has 2 heterocycles. The molecule has 0 aliphatic heterocycles. The summed E-state index contributed by atoms with van der Waals surface area (Å²) < 4.78 is 1.43. The number of para-hydroxylation sites is 2. The van der Waals surface area contributed by atoms with Crippen molar-refractivity contribution < 1.29 is 0 Å². The van der Waals surface area contributed by atoms with E-state index in [0.717, 1.165) is 15.9 Å². The number of nitrogens with zero attached hydrogens (tertiary/aromatic N) is 5. The fourth-order valence-electron chi connectivity index (χ4n) is 2.79. The molecular formula is C19H13N5OS. The molecule has 2 aromatic heterocycles. The highest BCUT2D eigenvalue weighted by Gasteiger charge is 2.12. The predicted octanol–water partition coefficient (Wildman–Crippen LogP) is 3.16. The van der Waals surface area contributed by atoms with Crippen molar-refractivity contribution in [2.24, 2.45) is 0 Å². The Kier molecular flexibility index (Phi) is 4.33. The van der Waals surface area contributed by atoms with Gasteiger partial charge in [-0.25, -0.2) is 15.0 Å². The van der Waals surface area contributed by atoms with E-state index < -0.39 is 0 Å². The Balaban J connectivity index is 1.76. The Morgan fingerprint density at radius 2 is 1.73 bits per heavy atom. The third-order valence-electron chi connectivity index (χ3n) is 4.01. The van der Waals surface area contributed by atoms with Crippen molar-refractivity contribution in [3.05, 3.63) is 71.0 Å². The minimum Gasteiger partial charge on any atom is -0.281 e. The van der Waals surface area contributed by atoms with Gasteiger partial charge in [-0.2, -0.15) is 5.26 Å². The number of nitriles is 1. The van der Waals surface area contributed by atoms with E-state index in [9.17, 15) is 4.79 Å². The van der Waals surface area contributed by atoms with E-state index in [4.69, 9.17) is 5.26 Å². The molecule has 0 saturated heterocycles. The predicted molar refractivity (Wildman–Crippen MR) is 101 cm³/mol. The molecule has 2 aromatic carbocycles. The molecule has 0 radical (unpaired) electrons. The van der Waals surface area contributed by atoms with Crippen LogP contribution in [0.3, 0.4) is 0 Å². The minimum atomic E-state index is -0.194. The van der Waals surface area contributed by atoms with Crippen molar-refractivity contribution in [2.45, 2.75) is 17.3 Å². The first-order chi connectivity index (χ1) is 12.8. The summed E-state index contributed by atoms with van der Waals surface area (Å²) in [5, 5.41) is 11.4. The summed E-state index contributed by atoms with van der Waals surface area (Å²) >= 11 is 1.48. The highest BCUT2D eigenvalue weighted by Crippen LogP contribution is 2.26. The molecule has 6 nitrogen and oxygen atoms in total. The van der Waals surface area contributed by atoms with Crippen LogP contribution in [0.25, 0.3) is 21.8 Å². The molecule has 0 amide bonds. The first kappa shape index (κ1) is 16.2. The average Bonchev–Trinajstić information content (AvgIpc) is 2.69. The summed E-state index contributed by atoms with van der Waals surface area (Å²) in [6, 6.07) is 17.0. The Morgan fingerprint density at radius 1 is 1.00 bits per heavy atom. The molecule has 0 unspecified atom stereocenters. The van der Waals surface area contributed by atoms with Gasteiger partial charge in [-0.15, -0.1) is 0 Å². The summed E-state index contributed by atoms with van der Waals surface area (Å²) in [7, 11) is 0. The number of thioether (sulfide) groups is 1. The van der Waals surface area contributed by atoms with E-state index in [1.54, 1.807) is 12.1 Å². The third-order valence-corrected chi connectivity index (χ3v) is 5.02. The Hall–Kier alpha value is -3.24. The van der Waals surface area contributed by atoms with Crippen LogP contribution in [-0.4, -0.2) is 19.5 Å². The topological polar surface area (TPSA) is 84.5 Å². The lowest BCUT2D eigenvalue weighted by Gasteiger charge is -2.11. The quantitative estimate of drug-likeness (QED) is 0.411. The van der Waals surface area contributed by atoms with Crippen LogP contribution in [0.15, 0.2) is 64.7 Å². The highest BCUT2D eigenvalue weighted by molar-refractivity contribution is 7.98. The number of benzene rings is 2. The van der Waals surface area contributed by atoms with E-state index in [0.29, 0.717) is 22.5 Å². The molecular weight excluding hydrogens is 346 g/mol. The molecule has 0 fully saturated rings. The molecule has 126 valence electrons. The van der Waals surface area contributed by atoms with Crippen LogP contribution in [0.2, 0.25) is 0 Å². The molecule has 4 rings (SSSR count). The van der Waals surface area contributed by atoms with Crippen LogP contribution in [-0.2, 0) is 12.3 Å². The van der Waals surface area contributed by atoms with E-state index in [2.05, 4.69) is 15.0 Å². The van der Waals surface area contributed by atoms with Gasteiger partial charge in [0.2, 0.25) is 0 Å². The Bertz CT molecular complexity index is 1210. The van der Waals surface area contributed by atoms with Crippen LogP contribution >= 0.6 is 11.8 Å². The average molecular weight is 359 g/mol. The lowest BCUT2D eigenvalue weighted by atomic mass is 10.2. The van der Waals surface area contributed by atoms with Crippen LogP contribution in [0.1, 0.15) is 5.82 Å². The van der Waals surface area contributed by atoms with E-state index in [1.165, 1.54) is 22.7 Å². The summed E-state index contributed by atoms with van der Waals surface area (Å²) in [6.45, 7) is -0.0307. The first-order valence-electron chi connectivity index (χ1n) is 7.96. The monoisotopic (exact) mass is 359 g/mol. The molecule has 0 aliphatic rings. The molecule has 26 heavy (non-hydrogen) atoms. The van der Waals surface area contributed by atoms with Gasteiger partial charge in [-0.05, 0) is 18.2 Å². The summed E-state index contributed by atoms with van der Waals surface area (Å²) in [5.41, 5.74) is 1.31. The number of hydrogen-bond acceptors (Lipinski definition) is 6. The van der Waals surface area contributed by atoms with Gasteiger partial charge in [0, 0.05) is 5.39 Å². The smallest absolute Gasteiger partial charge is 0.262 e. The second-order valence-electron chi connectivity index (χ2n) is 5.58. The van der Waals surface area contributed by atoms with Crippen LogP contribution < -0.4 is 5.56 Å². The van der Waals surface area contributed by atoms with Gasteiger partial charge >= 0.3 is 0 Å². The van der Waals surface area contributed by atoms with Crippen molar-refractivity contribution >= 4 is 33.6 Å². The third kappa shape index (κ3) is 2.91. The number of hydrogen-bond donors (Lipinski definition) is 0. The van der Waals surface area contributed by atoms with Gasteiger partial charge in [-0.1, -0.05) is 42.1 Å². The van der Waals surface area contributed by atoms with Crippen LogP contribution in [0, 0.1) is 11.3 Å². The SMILES string of the molecule is N#CCn1c(CSc2ncnc3ccccc23)nc2ccccc2c1=O. The molecule has 0 aliphatic carbocycles. The van der Waals surface area contributed by atoms with E-state index >= 15 is 0 Å². The normalized spacial score (nSPS) is 10.9. The van der Waals surface area contributed by atoms with Gasteiger partial charge in [0.15, 0.2) is 0 Å². The van der Waals surface area contributed by atoms with Gasteiger partial charge in [0.1, 0.15) is 23.7 Å². The molecule has 0 spiro atoms. The first-order valence-corrected chi connectivity index (χ1v) is 8.94. The van der Waals surface area contributed by atoms with Crippen LogP contribution in [0.5, 0.6) is 0 Å². The maximum absolute atomic E-state index is 12.7. The van der Waals surface area contributed by atoms with Crippen molar-refractivity contribution in [2.75, 3.05) is 0 Å². The fourth-order valence-corrected chi connectivity index (χ4v) is 3.72. The number of fused-ring (bicyclic) bond motifs is 2. The van der Waals surface area contributed by atoms with E-state index in [-0.39, 0.29) is 12.1 Å². The second kappa shape index (κ2) is 6.94. The van der Waals surface area contributed by atoms with Gasteiger partial charge in [0.25, 0.3) is 5.56 Å². The highest BCUT2D eigenvalue weighted by atomic mass is 32.2. The van der Waals surface area contributed by atoms with E-state index in [1.807, 2.05) is 42.5 Å². The molecule has 0 bridgehead atoms. The van der Waals surface area contributed by atoms with Gasteiger partial charge in [-0.3, -0.25) is 9.36 Å². The van der Waals surface area contributed by atoms with Crippen molar-refractivity contribution in [1.82, 2.24) is 19.5 Å². The Labute approximate surface area is 153 Å². The zero-order valence-corrected chi connectivity index (χ0v) is 14.5. The summed E-state index contributed by atoms with van der Waals surface area (Å²) in [5.74, 6) is 0.992. The van der Waals surface area contributed by atoms with Crippen molar-refractivity contribution in [3.8, 4) is 6.07 Å². The van der Waals surface area contributed by atoms with Crippen LogP contribution in [0.4, 0.5) is 0 Å². The van der Waals surface area contributed by atoms with Crippen molar-refractivity contribution in [1.29, 1.82) is 5.26 Å². The minimum absolute atomic E-state index is 0.0307. The van der Waals surface area contributed by atoms with Crippen molar-refractivity contribution in [3.63, 3.8) is 0 Å². The number of rotatable bonds is 4. The fraction of sp³-hybridized carbons (Fsp3) is 0.105.